The van der Waals surface area contributed by atoms with E-state index in [9.17, 15) is 4.79 Å². The van der Waals surface area contributed by atoms with Gasteiger partial charge in [0.15, 0.2) is 5.13 Å². The van der Waals surface area contributed by atoms with Crippen molar-refractivity contribution in [3.8, 4) is 0 Å². The third-order valence-corrected chi connectivity index (χ3v) is 6.10. The average Bonchev–Trinajstić information content (AvgIpc) is 3.08. The van der Waals surface area contributed by atoms with Crippen LogP contribution >= 0.6 is 33.9 Å². The van der Waals surface area contributed by atoms with E-state index in [1.165, 1.54) is 11.3 Å². The van der Waals surface area contributed by atoms with E-state index < -0.39 is 0 Å². The first-order chi connectivity index (χ1) is 13.0. The quantitative estimate of drug-likeness (QED) is 0.311. The number of para-hydroxylation sites is 2. The SMILES string of the molecule is Cc1cccc(C)c1N(C(=O)c1cccc(I)c1)c1nc2ccccc2s1. The van der Waals surface area contributed by atoms with E-state index in [2.05, 4.69) is 22.6 Å². The van der Waals surface area contributed by atoms with Crippen LogP contribution in [0.25, 0.3) is 10.2 Å². The van der Waals surface area contributed by atoms with Crippen LogP contribution in [-0.2, 0) is 0 Å². The lowest BCUT2D eigenvalue weighted by molar-refractivity contribution is 0.0999. The van der Waals surface area contributed by atoms with Gasteiger partial charge in [0.2, 0.25) is 0 Å². The van der Waals surface area contributed by atoms with E-state index in [1.807, 2.05) is 80.6 Å². The Kier molecular flexibility index (Phi) is 4.97. The lowest BCUT2D eigenvalue weighted by Gasteiger charge is -2.24. The number of amides is 1. The fourth-order valence-corrected chi connectivity index (χ4v) is 4.66. The highest BCUT2D eigenvalue weighted by Crippen LogP contribution is 2.37. The summed E-state index contributed by atoms with van der Waals surface area (Å²) in [5.74, 6) is -0.0648. The van der Waals surface area contributed by atoms with Crippen molar-refractivity contribution in [3.05, 3.63) is 87.0 Å². The third kappa shape index (κ3) is 3.49. The second-order valence-corrected chi connectivity index (χ2v) is 8.61. The molecule has 27 heavy (non-hydrogen) atoms. The minimum atomic E-state index is -0.0648. The first-order valence-electron chi connectivity index (χ1n) is 8.56. The van der Waals surface area contributed by atoms with E-state index in [4.69, 9.17) is 4.98 Å². The predicted molar refractivity (Wildman–Crippen MR) is 121 cm³/mol. The second kappa shape index (κ2) is 7.40. The zero-order valence-electron chi connectivity index (χ0n) is 14.9. The molecule has 4 rings (SSSR count). The molecule has 0 aliphatic carbocycles. The molecule has 0 spiro atoms. The van der Waals surface area contributed by atoms with Crippen LogP contribution < -0.4 is 4.90 Å². The number of hydrogen-bond donors (Lipinski definition) is 0. The zero-order valence-corrected chi connectivity index (χ0v) is 17.9. The highest BCUT2D eigenvalue weighted by atomic mass is 127. The van der Waals surface area contributed by atoms with Crippen molar-refractivity contribution in [2.24, 2.45) is 0 Å². The maximum Gasteiger partial charge on any atom is 0.264 e. The van der Waals surface area contributed by atoms with Crippen molar-refractivity contribution in [1.29, 1.82) is 0 Å². The molecule has 3 aromatic carbocycles. The van der Waals surface area contributed by atoms with Crippen molar-refractivity contribution >= 4 is 60.9 Å². The maximum atomic E-state index is 13.6. The number of carbonyl (C=O) groups excluding carboxylic acids is 1. The van der Waals surface area contributed by atoms with Gasteiger partial charge in [-0.15, -0.1) is 0 Å². The van der Waals surface area contributed by atoms with Gasteiger partial charge in [0.25, 0.3) is 5.91 Å². The molecule has 0 bridgehead atoms. The van der Waals surface area contributed by atoms with Crippen LogP contribution in [0.4, 0.5) is 10.8 Å². The monoisotopic (exact) mass is 484 g/mol. The number of carbonyl (C=O) groups is 1. The molecule has 0 fully saturated rings. The molecule has 1 aromatic heterocycles. The van der Waals surface area contributed by atoms with Crippen LogP contribution in [0.15, 0.2) is 66.7 Å². The molecule has 0 atom stereocenters. The summed E-state index contributed by atoms with van der Waals surface area (Å²) in [6.45, 7) is 4.06. The number of halogens is 1. The standard InChI is InChI=1S/C22H17IN2OS/c1-14-7-5-8-15(2)20(14)25(21(26)16-9-6-10-17(23)13-16)22-24-18-11-3-4-12-19(18)27-22/h3-13H,1-2H3. The van der Waals surface area contributed by atoms with Crippen molar-refractivity contribution < 1.29 is 4.79 Å². The van der Waals surface area contributed by atoms with Gasteiger partial charge in [-0.1, -0.05) is 47.7 Å². The van der Waals surface area contributed by atoms with Gasteiger partial charge in [0, 0.05) is 9.13 Å². The highest BCUT2D eigenvalue weighted by molar-refractivity contribution is 14.1. The summed E-state index contributed by atoms with van der Waals surface area (Å²) < 4.78 is 2.10. The minimum Gasteiger partial charge on any atom is -0.268 e. The fraction of sp³-hybridized carbons (Fsp3) is 0.0909. The Balaban J connectivity index is 1.93. The number of benzene rings is 3. The first kappa shape index (κ1) is 18.1. The van der Waals surface area contributed by atoms with E-state index in [0.29, 0.717) is 10.7 Å². The first-order valence-corrected chi connectivity index (χ1v) is 10.5. The molecular formula is C22H17IN2OS. The fourth-order valence-electron chi connectivity index (χ4n) is 3.15. The molecule has 134 valence electrons. The molecule has 1 heterocycles. The van der Waals surface area contributed by atoms with Crippen LogP contribution in [-0.4, -0.2) is 10.9 Å². The Morgan fingerprint density at radius 1 is 0.963 bits per heavy atom. The van der Waals surface area contributed by atoms with Crippen LogP contribution in [0, 0.1) is 17.4 Å². The van der Waals surface area contributed by atoms with Crippen molar-refractivity contribution in [1.82, 2.24) is 4.98 Å². The van der Waals surface area contributed by atoms with E-state index in [0.717, 1.165) is 30.6 Å². The molecule has 0 saturated heterocycles. The van der Waals surface area contributed by atoms with Crippen LogP contribution in [0.3, 0.4) is 0 Å². The predicted octanol–water partition coefficient (Wildman–Crippen LogP) is 6.50. The molecule has 0 unspecified atom stereocenters. The van der Waals surface area contributed by atoms with Crippen molar-refractivity contribution in [3.63, 3.8) is 0 Å². The van der Waals surface area contributed by atoms with Gasteiger partial charge >= 0.3 is 0 Å². The Bertz CT molecular complexity index is 1100. The topological polar surface area (TPSA) is 33.2 Å². The molecule has 0 aliphatic rings. The van der Waals surface area contributed by atoms with Crippen LogP contribution in [0.1, 0.15) is 21.5 Å². The molecule has 1 amide bonds. The zero-order chi connectivity index (χ0) is 19.0. The van der Waals surface area contributed by atoms with Crippen molar-refractivity contribution in [2.45, 2.75) is 13.8 Å². The second-order valence-electron chi connectivity index (χ2n) is 6.36. The van der Waals surface area contributed by atoms with Gasteiger partial charge < -0.3 is 0 Å². The van der Waals surface area contributed by atoms with Gasteiger partial charge in [-0.25, -0.2) is 4.98 Å². The number of rotatable bonds is 3. The molecule has 0 N–H and O–H groups in total. The number of fused-ring (bicyclic) bond motifs is 1. The molecule has 5 heteroatoms. The number of thiazole rings is 1. The van der Waals surface area contributed by atoms with E-state index in [-0.39, 0.29) is 5.91 Å². The molecule has 0 saturated carbocycles. The van der Waals surface area contributed by atoms with E-state index >= 15 is 0 Å². The van der Waals surface area contributed by atoms with Gasteiger partial charge in [-0.2, -0.15) is 0 Å². The number of aryl methyl sites for hydroxylation is 2. The smallest absolute Gasteiger partial charge is 0.264 e. The normalized spacial score (nSPS) is 10.9. The summed E-state index contributed by atoms with van der Waals surface area (Å²) in [5, 5.41) is 0.692. The summed E-state index contributed by atoms with van der Waals surface area (Å²) in [6.07, 6.45) is 0. The molecule has 4 aromatic rings. The highest BCUT2D eigenvalue weighted by Gasteiger charge is 2.26. The molecule has 0 radical (unpaired) electrons. The Hall–Kier alpha value is -2.25. The molecule has 0 aliphatic heterocycles. The summed E-state index contributed by atoms with van der Waals surface area (Å²) >= 11 is 3.77. The van der Waals surface area contributed by atoms with Gasteiger partial charge in [-0.3, -0.25) is 9.69 Å². The Morgan fingerprint density at radius 2 is 1.67 bits per heavy atom. The van der Waals surface area contributed by atoms with Gasteiger partial charge in [0.1, 0.15) is 0 Å². The maximum absolute atomic E-state index is 13.6. The summed E-state index contributed by atoms with van der Waals surface area (Å²) in [4.78, 5) is 20.1. The summed E-state index contributed by atoms with van der Waals surface area (Å²) in [5.41, 5.74) is 4.56. The Labute approximate surface area is 175 Å². The number of nitrogens with zero attached hydrogens (tertiary/aromatic N) is 2. The lowest BCUT2D eigenvalue weighted by atomic mass is 10.1. The molecular weight excluding hydrogens is 467 g/mol. The van der Waals surface area contributed by atoms with Gasteiger partial charge in [-0.05, 0) is 77.9 Å². The minimum absolute atomic E-state index is 0.0648. The lowest BCUT2D eigenvalue weighted by Crippen LogP contribution is -2.27. The Morgan fingerprint density at radius 3 is 2.37 bits per heavy atom. The van der Waals surface area contributed by atoms with E-state index in [1.54, 1.807) is 4.90 Å². The van der Waals surface area contributed by atoms with Crippen LogP contribution in [0.2, 0.25) is 0 Å². The largest absolute Gasteiger partial charge is 0.268 e. The summed E-state index contributed by atoms with van der Waals surface area (Å²) in [7, 11) is 0. The van der Waals surface area contributed by atoms with Crippen LogP contribution in [0.5, 0.6) is 0 Å². The third-order valence-electron chi connectivity index (χ3n) is 4.41. The number of hydrogen-bond acceptors (Lipinski definition) is 3. The number of anilines is 2. The van der Waals surface area contributed by atoms with Gasteiger partial charge in [0.05, 0.1) is 15.9 Å². The average molecular weight is 484 g/mol. The van der Waals surface area contributed by atoms with Crippen molar-refractivity contribution in [2.75, 3.05) is 4.90 Å². The molecule has 3 nitrogen and oxygen atoms in total. The summed E-state index contributed by atoms with van der Waals surface area (Å²) in [6, 6.07) is 21.7. The number of aromatic nitrogens is 1.